The Morgan fingerprint density at radius 3 is 2.31 bits per heavy atom. The highest BCUT2D eigenvalue weighted by atomic mass is 16.5. The number of unbranched alkanes of at least 4 members (excludes halogenated alkanes) is 1. The van der Waals surface area contributed by atoms with Crippen LogP contribution < -0.4 is 0 Å². The van der Waals surface area contributed by atoms with Gasteiger partial charge in [-0.25, -0.2) is 0 Å². The number of carboxylic acid groups (broad SMARTS) is 1. The van der Waals surface area contributed by atoms with Crippen LogP contribution in [0.3, 0.4) is 0 Å². The highest BCUT2D eigenvalue weighted by Gasteiger charge is 2.41. The van der Waals surface area contributed by atoms with Crippen molar-refractivity contribution in [1.82, 2.24) is 0 Å². The third-order valence-electron chi connectivity index (χ3n) is 9.88. The Morgan fingerprint density at radius 1 is 0.917 bits per heavy atom. The second kappa shape index (κ2) is 14.3. The first-order chi connectivity index (χ1) is 22.8. The molecule has 6 nitrogen and oxygen atoms in total. The van der Waals surface area contributed by atoms with Gasteiger partial charge >= 0.3 is 11.9 Å². The average molecular weight is 649 g/mol. The van der Waals surface area contributed by atoms with E-state index in [4.69, 9.17) is 4.74 Å². The topological polar surface area (TPSA) is 101 Å². The lowest BCUT2D eigenvalue weighted by atomic mass is 9.77. The molecule has 0 unspecified atom stereocenters. The van der Waals surface area contributed by atoms with E-state index in [0.29, 0.717) is 42.9 Å². The molecular formula is C42H48O6. The van der Waals surface area contributed by atoms with Crippen LogP contribution in [0.15, 0.2) is 87.3 Å². The Hall–Kier alpha value is -4.45. The number of aliphatic hydroxyl groups is 1. The molecule has 5 rings (SSSR count). The van der Waals surface area contributed by atoms with Crippen LogP contribution in [0.2, 0.25) is 0 Å². The highest BCUT2D eigenvalue weighted by Crippen LogP contribution is 2.51. The number of aliphatic hydroxyl groups excluding tert-OH is 1. The van der Waals surface area contributed by atoms with Gasteiger partial charge in [0.1, 0.15) is 5.76 Å². The molecule has 252 valence electrons. The summed E-state index contributed by atoms with van der Waals surface area (Å²) in [5.74, 6) is -0.820. The van der Waals surface area contributed by atoms with Crippen LogP contribution in [-0.2, 0) is 25.5 Å². The zero-order chi connectivity index (χ0) is 34.9. The zero-order valence-electron chi connectivity index (χ0n) is 29.4. The molecule has 0 spiro atoms. The number of fused-ring (bicyclic) bond motifs is 1. The molecule has 0 aromatic rings. The van der Waals surface area contributed by atoms with E-state index in [0.717, 1.165) is 63.0 Å². The molecule has 2 N–H and O–H groups in total. The Morgan fingerprint density at radius 2 is 1.67 bits per heavy atom. The fourth-order valence-corrected chi connectivity index (χ4v) is 6.97. The summed E-state index contributed by atoms with van der Waals surface area (Å²) in [6.07, 6.45) is 9.50. The molecule has 0 aromatic carbocycles. The standard InChI is InChI=1S/C42H48O6/c1-8-9-18-48-36(45)17-15-28-11-13-30(24(4)5)22-32-26(7)20-34(38(28)32)40-41(46)39(42(40)47)33-19-25(6)31-21-29(23(2)3)12-10-27(37(31)33)14-16-35(43)44/h10-13,19-20,22-24,46H,8-9,14-18,21H2,1-7H3,(H,43,44). The third kappa shape index (κ3) is 6.76. The number of carbonyl (C=O) groups is 3. The van der Waals surface area contributed by atoms with Crippen LogP contribution in [0.5, 0.6) is 0 Å². The number of hydrogen-bond donors (Lipinski definition) is 2. The van der Waals surface area contributed by atoms with Crippen LogP contribution in [0.4, 0.5) is 0 Å². The Bertz CT molecular complexity index is 1830. The van der Waals surface area contributed by atoms with Crippen LogP contribution >= 0.6 is 0 Å². The van der Waals surface area contributed by atoms with Crippen molar-refractivity contribution in [3.63, 3.8) is 0 Å². The number of aliphatic carboxylic acids is 1. The van der Waals surface area contributed by atoms with Gasteiger partial charge < -0.3 is 14.9 Å². The Kier molecular flexibility index (Phi) is 10.4. The van der Waals surface area contributed by atoms with Crippen LogP contribution in [0.1, 0.15) is 108 Å². The van der Waals surface area contributed by atoms with E-state index in [9.17, 15) is 24.6 Å². The number of carboxylic acids is 1. The van der Waals surface area contributed by atoms with E-state index in [2.05, 4.69) is 52.8 Å². The summed E-state index contributed by atoms with van der Waals surface area (Å²) < 4.78 is 5.44. The summed E-state index contributed by atoms with van der Waals surface area (Å²) >= 11 is 0. The number of carbonyl (C=O) groups excluding carboxylic acids is 2. The second-order valence-corrected chi connectivity index (χ2v) is 13.9. The minimum atomic E-state index is -0.880. The smallest absolute Gasteiger partial charge is 0.306 e. The lowest BCUT2D eigenvalue weighted by Gasteiger charge is -2.25. The van der Waals surface area contributed by atoms with E-state index in [-0.39, 0.29) is 47.4 Å². The number of ketones is 1. The second-order valence-electron chi connectivity index (χ2n) is 13.9. The van der Waals surface area contributed by atoms with Gasteiger partial charge in [-0.2, -0.15) is 0 Å². The monoisotopic (exact) mass is 648 g/mol. The van der Waals surface area contributed by atoms with E-state index in [1.807, 2.05) is 38.1 Å². The normalized spacial score (nSPS) is 17.9. The summed E-state index contributed by atoms with van der Waals surface area (Å²) in [7, 11) is 0. The molecule has 0 saturated carbocycles. The van der Waals surface area contributed by atoms with Gasteiger partial charge in [0.2, 0.25) is 5.78 Å². The molecular weight excluding hydrogens is 600 g/mol. The molecule has 0 aromatic heterocycles. The number of Topliss-reactive ketones (excluding diaryl/α,β-unsaturated/α-hetero) is 1. The molecule has 48 heavy (non-hydrogen) atoms. The third-order valence-corrected chi connectivity index (χ3v) is 9.88. The van der Waals surface area contributed by atoms with Crippen molar-refractivity contribution < 1.29 is 29.3 Å². The maximum atomic E-state index is 14.3. The van der Waals surface area contributed by atoms with E-state index in [1.54, 1.807) is 0 Å². The number of esters is 1. The molecule has 0 fully saturated rings. The largest absolute Gasteiger partial charge is 0.506 e. The van der Waals surface area contributed by atoms with Crippen molar-refractivity contribution in [2.75, 3.05) is 6.61 Å². The van der Waals surface area contributed by atoms with E-state index < -0.39 is 5.97 Å². The van der Waals surface area contributed by atoms with Gasteiger partial charge in [0, 0.05) is 12.8 Å². The summed E-state index contributed by atoms with van der Waals surface area (Å²) in [5, 5.41) is 21.3. The van der Waals surface area contributed by atoms with Crippen LogP contribution in [0, 0.1) is 12.8 Å². The number of ether oxygens (including phenoxy) is 1. The van der Waals surface area contributed by atoms with Gasteiger partial charge in [-0.15, -0.1) is 0 Å². The van der Waals surface area contributed by atoms with Crippen molar-refractivity contribution >= 4 is 23.3 Å². The molecule has 5 aliphatic carbocycles. The summed E-state index contributed by atoms with van der Waals surface area (Å²) in [6.45, 7) is 15.1. The van der Waals surface area contributed by atoms with Crippen LogP contribution in [0.25, 0.3) is 16.7 Å². The molecule has 0 saturated heterocycles. The Balaban J connectivity index is 1.62. The van der Waals surface area contributed by atoms with Crippen LogP contribution in [-0.4, -0.2) is 34.5 Å². The predicted molar refractivity (Wildman–Crippen MR) is 191 cm³/mol. The predicted octanol–water partition coefficient (Wildman–Crippen LogP) is 9.68. The van der Waals surface area contributed by atoms with Gasteiger partial charge in [0.25, 0.3) is 0 Å². The molecule has 0 amide bonds. The maximum absolute atomic E-state index is 14.3. The summed E-state index contributed by atoms with van der Waals surface area (Å²) in [6, 6.07) is 8.27. The van der Waals surface area contributed by atoms with Gasteiger partial charge in [-0.05, 0) is 119 Å². The lowest BCUT2D eigenvalue weighted by Crippen LogP contribution is -2.23. The van der Waals surface area contributed by atoms with Crippen molar-refractivity contribution in [2.45, 2.75) is 99.3 Å². The van der Waals surface area contributed by atoms with Crippen molar-refractivity contribution in [2.24, 2.45) is 5.92 Å². The fourth-order valence-electron chi connectivity index (χ4n) is 6.97. The van der Waals surface area contributed by atoms with Gasteiger partial charge in [0.05, 0.1) is 17.8 Å². The molecule has 0 aliphatic heterocycles. The molecule has 6 heteroatoms. The first kappa shape index (κ1) is 34.9. The molecule has 0 heterocycles. The van der Waals surface area contributed by atoms with Crippen molar-refractivity contribution in [3.8, 4) is 11.1 Å². The number of rotatable bonds is 12. The summed E-state index contributed by atoms with van der Waals surface area (Å²) in [5.41, 5.74) is 11.9. The van der Waals surface area contributed by atoms with Gasteiger partial charge in [-0.3, -0.25) is 14.4 Å². The molecule has 0 bridgehead atoms. The van der Waals surface area contributed by atoms with E-state index in [1.165, 1.54) is 5.57 Å². The average Bonchev–Trinajstić information content (AvgIpc) is 3.31. The maximum Gasteiger partial charge on any atom is 0.306 e. The first-order valence-corrected chi connectivity index (χ1v) is 17.3. The minimum absolute atomic E-state index is 0.0285. The molecule has 0 atom stereocenters. The summed E-state index contributed by atoms with van der Waals surface area (Å²) in [4.78, 5) is 38.5. The first-order valence-electron chi connectivity index (χ1n) is 17.3. The van der Waals surface area contributed by atoms with Crippen molar-refractivity contribution in [1.29, 1.82) is 0 Å². The van der Waals surface area contributed by atoms with Crippen molar-refractivity contribution in [3.05, 3.63) is 110 Å². The molecule has 5 aliphatic rings. The number of aryl methyl sites for hydroxylation is 2. The quantitative estimate of drug-likeness (QED) is 0.135. The highest BCUT2D eigenvalue weighted by molar-refractivity contribution is 6.40. The fraction of sp³-hybridized carbons (Fsp3) is 0.405. The SMILES string of the molecule is CCCCOC(=O)CCc1ccc(C(C)C)cc2c(C)cc(C3=C(O)C(=C4C=C(C)C5=C4C(CCC(=O)O)=CC=C(C(C)C)C5)C3=O)c1-2. The van der Waals surface area contributed by atoms with Gasteiger partial charge in [0.15, 0.2) is 0 Å². The minimum Gasteiger partial charge on any atom is -0.506 e. The molecule has 0 radical (unpaired) electrons. The Labute approximate surface area is 284 Å². The zero-order valence-corrected chi connectivity index (χ0v) is 29.4. The lowest BCUT2D eigenvalue weighted by molar-refractivity contribution is -0.143. The number of hydrogen-bond acceptors (Lipinski definition) is 5. The van der Waals surface area contributed by atoms with Gasteiger partial charge in [-0.1, -0.05) is 83.0 Å². The number of allylic oxidation sites excluding steroid dienone is 11. The van der Waals surface area contributed by atoms with E-state index >= 15 is 0 Å².